The zero-order valence-corrected chi connectivity index (χ0v) is 18.1. The van der Waals surface area contributed by atoms with E-state index in [2.05, 4.69) is 25.7 Å². The minimum absolute atomic E-state index is 0.180. The molecule has 32 heavy (non-hydrogen) atoms. The molecule has 3 aromatic rings. The van der Waals surface area contributed by atoms with E-state index >= 15 is 0 Å². The fourth-order valence-electron chi connectivity index (χ4n) is 2.84. The number of halogens is 1. The molecule has 10 heteroatoms. The van der Waals surface area contributed by atoms with Crippen LogP contribution in [-0.4, -0.2) is 26.7 Å². The van der Waals surface area contributed by atoms with Gasteiger partial charge in [0, 0.05) is 18.7 Å². The van der Waals surface area contributed by atoms with E-state index in [4.69, 9.17) is 23.8 Å². The molecular formula is C22H22FN7OS. The van der Waals surface area contributed by atoms with E-state index < -0.39 is 0 Å². The summed E-state index contributed by atoms with van der Waals surface area (Å²) >= 11 is 5.40. The molecule has 0 atom stereocenters. The van der Waals surface area contributed by atoms with Gasteiger partial charge in [0.1, 0.15) is 34.4 Å². The molecule has 1 amide bonds. The number of hydrogen-bond acceptors (Lipinski definition) is 6. The van der Waals surface area contributed by atoms with E-state index in [0.717, 1.165) is 16.7 Å². The number of aromatic nitrogens is 2. The molecule has 8 nitrogen and oxygen atoms in total. The number of hydrazone groups is 1. The average molecular weight is 452 g/mol. The van der Waals surface area contributed by atoms with Crippen LogP contribution >= 0.6 is 12.2 Å². The summed E-state index contributed by atoms with van der Waals surface area (Å²) in [4.78, 5) is 21.0. The maximum Gasteiger partial charge on any atom is 0.270 e. The van der Waals surface area contributed by atoms with Crippen molar-refractivity contribution in [2.75, 3.05) is 0 Å². The van der Waals surface area contributed by atoms with Crippen molar-refractivity contribution >= 4 is 28.9 Å². The number of aryl methyl sites for hydroxylation is 1. The van der Waals surface area contributed by atoms with Gasteiger partial charge >= 0.3 is 0 Å². The van der Waals surface area contributed by atoms with Crippen molar-refractivity contribution in [3.63, 3.8) is 0 Å². The summed E-state index contributed by atoms with van der Waals surface area (Å²) < 4.78 is 13.4. The first kappa shape index (κ1) is 22.8. The van der Waals surface area contributed by atoms with Crippen molar-refractivity contribution in [3.05, 3.63) is 94.3 Å². The van der Waals surface area contributed by atoms with Crippen molar-refractivity contribution in [2.45, 2.75) is 20.0 Å². The quantitative estimate of drug-likeness (QED) is 0.142. The van der Waals surface area contributed by atoms with Gasteiger partial charge < -0.3 is 22.2 Å². The maximum absolute atomic E-state index is 13.4. The Kier molecular flexibility index (Phi) is 7.40. The van der Waals surface area contributed by atoms with Crippen LogP contribution in [0.3, 0.4) is 0 Å². The Bertz CT molecular complexity index is 1170. The summed E-state index contributed by atoms with van der Waals surface area (Å²) in [5.41, 5.74) is 9.27. The lowest BCUT2D eigenvalue weighted by atomic mass is 10.1. The Balaban J connectivity index is 1.58. The standard InChI is InChI=1S/C22H22FN7OS/c1-13-8-15(4-7-17(13)23)11-26-21(31)18-9-19(29-12-28-18)22(32)27-10-14-2-5-16(6-3-14)20(24)30-25/h2-9,12H,10-11,25H2,1H3,(H2,24,30)(H,26,31)(H,27,32). The number of hydrogen-bond donors (Lipinski definition) is 4. The first-order valence-electron chi connectivity index (χ1n) is 9.63. The van der Waals surface area contributed by atoms with Gasteiger partial charge in [-0.25, -0.2) is 14.4 Å². The zero-order chi connectivity index (χ0) is 23.1. The SMILES string of the molecule is Cc1cc(CNC(=O)c2cc(C(=S)NCc3ccc(/C(N)=N/N)cc3)ncn2)ccc1F. The molecule has 1 aromatic heterocycles. The predicted octanol–water partition coefficient (Wildman–Crippen LogP) is 1.90. The van der Waals surface area contributed by atoms with E-state index in [-0.39, 0.29) is 29.8 Å². The van der Waals surface area contributed by atoms with Gasteiger partial charge in [0.25, 0.3) is 5.91 Å². The van der Waals surface area contributed by atoms with E-state index in [9.17, 15) is 9.18 Å². The Morgan fingerprint density at radius 1 is 1.03 bits per heavy atom. The van der Waals surface area contributed by atoms with Gasteiger partial charge in [0.2, 0.25) is 0 Å². The number of benzene rings is 2. The lowest BCUT2D eigenvalue weighted by molar-refractivity contribution is 0.0945. The van der Waals surface area contributed by atoms with Crippen LogP contribution in [0, 0.1) is 12.7 Å². The third kappa shape index (κ3) is 5.82. The van der Waals surface area contributed by atoms with E-state index in [1.54, 1.807) is 19.1 Å². The second-order valence-corrected chi connectivity index (χ2v) is 7.36. The molecule has 0 aliphatic rings. The highest BCUT2D eigenvalue weighted by molar-refractivity contribution is 7.80. The third-order valence-corrected chi connectivity index (χ3v) is 5.00. The summed E-state index contributed by atoms with van der Waals surface area (Å²) in [6, 6.07) is 13.6. The summed E-state index contributed by atoms with van der Waals surface area (Å²) in [5.74, 6) is 4.76. The topological polar surface area (TPSA) is 131 Å². The summed E-state index contributed by atoms with van der Waals surface area (Å²) in [7, 11) is 0. The number of thiocarbonyl (C=S) groups is 1. The second kappa shape index (κ2) is 10.4. The molecule has 164 valence electrons. The van der Waals surface area contributed by atoms with E-state index in [1.807, 2.05) is 24.3 Å². The number of nitrogens with zero attached hydrogens (tertiary/aromatic N) is 3. The molecule has 0 fully saturated rings. The summed E-state index contributed by atoms with van der Waals surface area (Å²) in [6.45, 7) is 2.37. The Labute approximate surface area is 190 Å². The number of carbonyl (C=O) groups excluding carboxylic acids is 1. The minimum Gasteiger partial charge on any atom is -0.382 e. The number of nitrogens with two attached hydrogens (primary N) is 2. The Morgan fingerprint density at radius 3 is 2.38 bits per heavy atom. The van der Waals surface area contributed by atoms with Gasteiger partial charge in [0.15, 0.2) is 0 Å². The van der Waals surface area contributed by atoms with Crippen molar-refractivity contribution in [3.8, 4) is 0 Å². The van der Waals surface area contributed by atoms with Crippen molar-refractivity contribution in [2.24, 2.45) is 16.7 Å². The third-order valence-electron chi connectivity index (χ3n) is 4.65. The highest BCUT2D eigenvalue weighted by Gasteiger charge is 2.11. The van der Waals surface area contributed by atoms with Gasteiger partial charge in [-0.05, 0) is 35.7 Å². The molecule has 1 heterocycles. The Morgan fingerprint density at radius 2 is 1.69 bits per heavy atom. The highest BCUT2D eigenvalue weighted by atomic mass is 32.1. The lowest BCUT2D eigenvalue weighted by Crippen LogP contribution is -2.26. The molecule has 0 bridgehead atoms. The van der Waals surface area contributed by atoms with Crippen LogP contribution < -0.4 is 22.2 Å². The fourth-order valence-corrected chi connectivity index (χ4v) is 3.02. The van der Waals surface area contributed by atoms with Crippen molar-refractivity contribution in [1.82, 2.24) is 20.6 Å². The predicted molar refractivity (Wildman–Crippen MR) is 124 cm³/mol. The minimum atomic E-state index is -0.381. The molecule has 0 aliphatic heterocycles. The zero-order valence-electron chi connectivity index (χ0n) is 17.3. The normalized spacial score (nSPS) is 11.1. The van der Waals surface area contributed by atoms with Crippen LogP contribution in [0.25, 0.3) is 0 Å². The first-order chi connectivity index (χ1) is 15.4. The number of rotatable bonds is 7. The smallest absolute Gasteiger partial charge is 0.270 e. The van der Waals surface area contributed by atoms with Crippen LogP contribution in [0.1, 0.15) is 38.4 Å². The van der Waals surface area contributed by atoms with Gasteiger partial charge in [-0.3, -0.25) is 4.79 Å². The number of carbonyl (C=O) groups is 1. The molecule has 0 spiro atoms. The molecule has 3 rings (SSSR count). The molecule has 6 N–H and O–H groups in total. The first-order valence-corrected chi connectivity index (χ1v) is 10.0. The van der Waals surface area contributed by atoms with Crippen LogP contribution in [0.2, 0.25) is 0 Å². The molecule has 2 aromatic carbocycles. The second-order valence-electron chi connectivity index (χ2n) is 6.95. The van der Waals surface area contributed by atoms with Crippen LogP contribution in [0.4, 0.5) is 4.39 Å². The molecule has 0 radical (unpaired) electrons. The summed E-state index contributed by atoms with van der Waals surface area (Å²) in [6.07, 6.45) is 1.28. The molecule has 0 aliphatic carbocycles. The number of amides is 1. The number of amidine groups is 1. The number of nitrogens with one attached hydrogen (secondary N) is 2. The molecular weight excluding hydrogens is 429 g/mol. The van der Waals surface area contributed by atoms with E-state index in [0.29, 0.717) is 22.8 Å². The summed E-state index contributed by atoms with van der Waals surface area (Å²) in [5, 5.41) is 9.32. The van der Waals surface area contributed by atoms with Gasteiger partial charge in [-0.15, -0.1) is 0 Å². The van der Waals surface area contributed by atoms with Crippen LogP contribution in [-0.2, 0) is 13.1 Å². The van der Waals surface area contributed by atoms with Crippen LogP contribution in [0.15, 0.2) is 60.0 Å². The lowest BCUT2D eigenvalue weighted by Gasteiger charge is -2.10. The van der Waals surface area contributed by atoms with Crippen LogP contribution in [0.5, 0.6) is 0 Å². The highest BCUT2D eigenvalue weighted by Crippen LogP contribution is 2.10. The van der Waals surface area contributed by atoms with Gasteiger partial charge in [-0.2, -0.15) is 5.10 Å². The fraction of sp³-hybridized carbons (Fsp3) is 0.136. The van der Waals surface area contributed by atoms with E-state index in [1.165, 1.54) is 18.5 Å². The molecule has 0 unspecified atom stereocenters. The molecule has 0 saturated carbocycles. The monoisotopic (exact) mass is 451 g/mol. The van der Waals surface area contributed by atoms with Gasteiger partial charge in [0.05, 0.1) is 0 Å². The van der Waals surface area contributed by atoms with Crippen molar-refractivity contribution < 1.29 is 9.18 Å². The largest absolute Gasteiger partial charge is 0.382 e. The molecule has 0 saturated heterocycles. The maximum atomic E-state index is 13.4. The van der Waals surface area contributed by atoms with Crippen molar-refractivity contribution in [1.29, 1.82) is 0 Å². The van der Waals surface area contributed by atoms with Gasteiger partial charge in [-0.1, -0.05) is 48.6 Å². The Hall–Kier alpha value is -3.92. The average Bonchev–Trinajstić information content (AvgIpc) is 2.83.